The van der Waals surface area contributed by atoms with E-state index in [-0.39, 0.29) is 6.54 Å². The van der Waals surface area contributed by atoms with E-state index < -0.39 is 42.2 Å². The molecule has 3 amide bonds. The first-order chi connectivity index (χ1) is 16.9. The molecule has 0 radical (unpaired) electrons. The van der Waals surface area contributed by atoms with Crippen molar-refractivity contribution in [2.75, 3.05) is 18.5 Å². The van der Waals surface area contributed by atoms with Gasteiger partial charge in [-0.15, -0.1) is 6.58 Å². The summed E-state index contributed by atoms with van der Waals surface area (Å²) in [6.45, 7) is 13.9. The third-order valence-electron chi connectivity index (χ3n) is 5.46. The number of aliphatic hydroxyl groups excluding tert-OH is 1. The number of hydrogen-bond donors (Lipinski definition) is 3. The van der Waals surface area contributed by atoms with Crippen LogP contribution in [0.25, 0.3) is 0 Å². The van der Waals surface area contributed by atoms with Crippen LogP contribution in [-0.2, 0) is 14.3 Å². The third kappa shape index (κ3) is 7.68. The molecule has 8 heteroatoms. The standard InChI is InChI=1S/C28H37N3O5/c1-8-16-31(26(34)22(17-32)29-27(35)36-28(5,6)7)24(21-14-12-18(2)13-15-21)25(33)30-23-19(3)10-9-11-20(23)4/h8-15,22,24,32H,1,16-17H2,2-7H3,(H,29,35)(H,30,33). The molecule has 8 nitrogen and oxygen atoms in total. The minimum atomic E-state index is -1.32. The van der Waals surface area contributed by atoms with Gasteiger partial charge in [0.25, 0.3) is 5.91 Å². The van der Waals surface area contributed by atoms with Crippen LogP contribution in [0, 0.1) is 20.8 Å². The maximum Gasteiger partial charge on any atom is 0.408 e. The number of nitrogens with one attached hydrogen (secondary N) is 2. The van der Waals surface area contributed by atoms with Gasteiger partial charge >= 0.3 is 6.09 Å². The summed E-state index contributed by atoms with van der Waals surface area (Å²) in [5.74, 6) is -1.08. The predicted molar refractivity (Wildman–Crippen MR) is 141 cm³/mol. The number of carbonyl (C=O) groups excluding carboxylic acids is 3. The van der Waals surface area contributed by atoms with Crippen LogP contribution in [0.15, 0.2) is 55.1 Å². The highest BCUT2D eigenvalue weighted by molar-refractivity contribution is 6.00. The number of nitrogens with zero attached hydrogens (tertiary/aromatic N) is 1. The molecule has 36 heavy (non-hydrogen) atoms. The molecular weight excluding hydrogens is 458 g/mol. The number of anilines is 1. The first-order valence-corrected chi connectivity index (χ1v) is 11.8. The van der Waals surface area contributed by atoms with Crippen LogP contribution in [0.1, 0.15) is 49.1 Å². The van der Waals surface area contributed by atoms with E-state index in [4.69, 9.17) is 4.74 Å². The van der Waals surface area contributed by atoms with Crippen molar-refractivity contribution in [2.45, 2.75) is 59.2 Å². The number of aryl methyl sites for hydroxylation is 3. The molecule has 0 fully saturated rings. The van der Waals surface area contributed by atoms with Crippen molar-refractivity contribution < 1.29 is 24.2 Å². The normalized spacial score (nSPS) is 12.8. The van der Waals surface area contributed by atoms with E-state index in [1.807, 2.05) is 51.1 Å². The van der Waals surface area contributed by atoms with Crippen molar-refractivity contribution >= 4 is 23.6 Å². The summed E-state index contributed by atoms with van der Waals surface area (Å²) in [6, 6.07) is 10.6. The quantitative estimate of drug-likeness (QED) is 0.452. The van der Waals surface area contributed by atoms with Gasteiger partial charge in [0.1, 0.15) is 17.7 Å². The number of hydrogen-bond acceptors (Lipinski definition) is 5. The smallest absolute Gasteiger partial charge is 0.408 e. The molecule has 0 aliphatic rings. The van der Waals surface area contributed by atoms with Gasteiger partial charge < -0.3 is 25.4 Å². The van der Waals surface area contributed by atoms with Crippen LogP contribution in [0.3, 0.4) is 0 Å². The van der Waals surface area contributed by atoms with Gasteiger partial charge in [-0.25, -0.2) is 4.79 Å². The van der Waals surface area contributed by atoms with Gasteiger partial charge in [-0.05, 0) is 58.2 Å². The number of carbonyl (C=O) groups is 3. The zero-order valence-electron chi connectivity index (χ0n) is 21.9. The molecule has 2 unspecified atom stereocenters. The monoisotopic (exact) mass is 495 g/mol. The van der Waals surface area contributed by atoms with Gasteiger partial charge in [-0.1, -0.05) is 54.1 Å². The second kappa shape index (κ2) is 12.4. The molecule has 0 aliphatic carbocycles. The lowest BCUT2D eigenvalue weighted by molar-refractivity contribution is -0.140. The van der Waals surface area contributed by atoms with Crippen molar-refractivity contribution in [2.24, 2.45) is 0 Å². The summed E-state index contributed by atoms with van der Waals surface area (Å²) in [4.78, 5) is 41.0. The fraction of sp³-hybridized carbons (Fsp3) is 0.393. The van der Waals surface area contributed by atoms with Crippen LogP contribution in [-0.4, -0.2) is 52.7 Å². The number of aliphatic hydroxyl groups is 1. The van der Waals surface area contributed by atoms with Crippen LogP contribution >= 0.6 is 0 Å². The lowest BCUT2D eigenvalue weighted by Crippen LogP contribution is -2.53. The third-order valence-corrected chi connectivity index (χ3v) is 5.46. The second-order valence-electron chi connectivity index (χ2n) is 9.73. The maximum absolute atomic E-state index is 13.7. The van der Waals surface area contributed by atoms with E-state index >= 15 is 0 Å². The Bertz CT molecular complexity index is 1070. The predicted octanol–water partition coefficient (Wildman–Crippen LogP) is 4.19. The van der Waals surface area contributed by atoms with E-state index in [9.17, 15) is 19.5 Å². The van der Waals surface area contributed by atoms with Crippen LogP contribution in [0.5, 0.6) is 0 Å². The fourth-order valence-corrected chi connectivity index (χ4v) is 3.72. The van der Waals surface area contributed by atoms with E-state index in [1.54, 1.807) is 32.9 Å². The van der Waals surface area contributed by atoms with E-state index in [2.05, 4.69) is 17.2 Å². The topological polar surface area (TPSA) is 108 Å². The number of amides is 3. The molecule has 194 valence electrons. The van der Waals surface area contributed by atoms with Crippen molar-refractivity contribution in [3.63, 3.8) is 0 Å². The highest BCUT2D eigenvalue weighted by atomic mass is 16.6. The summed E-state index contributed by atoms with van der Waals surface area (Å²) in [5, 5.41) is 15.3. The molecule has 0 heterocycles. The molecule has 2 atom stereocenters. The Morgan fingerprint density at radius 3 is 2.14 bits per heavy atom. The van der Waals surface area contributed by atoms with Gasteiger partial charge in [0.2, 0.25) is 5.91 Å². The minimum Gasteiger partial charge on any atom is -0.444 e. The van der Waals surface area contributed by atoms with E-state index in [1.165, 1.54) is 11.0 Å². The lowest BCUT2D eigenvalue weighted by Gasteiger charge is -2.33. The number of para-hydroxylation sites is 1. The summed E-state index contributed by atoms with van der Waals surface area (Å²) in [6.07, 6.45) is 0.646. The summed E-state index contributed by atoms with van der Waals surface area (Å²) >= 11 is 0. The average Bonchev–Trinajstić information content (AvgIpc) is 2.79. The highest BCUT2D eigenvalue weighted by Gasteiger charge is 2.36. The number of rotatable bonds is 9. The Hall–Kier alpha value is -3.65. The molecule has 0 saturated heterocycles. The first kappa shape index (κ1) is 28.6. The van der Waals surface area contributed by atoms with Crippen LogP contribution in [0.2, 0.25) is 0 Å². The Labute approximate surface area is 213 Å². The van der Waals surface area contributed by atoms with E-state index in [0.717, 1.165) is 16.7 Å². The first-order valence-electron chi connectivity index (χ1n) is 11.8. The fourth-order valence-electron chi connectivity index (χ4n) is 3.72. The molecule has 2 aromatic carbocycles. The van der Waals surface area contributed by atoms with Crippen LogP contribution in [0.4, 0.5) is 10.5 Å². The molecule has 2 rings (SSSR count). The largest absolute Gasteiger partial charge is 0.444 e. The Morgan fingerprint density at radius 1 is 1.06 bits per heavy atom. The zero-order chi connectivity index (χ0) is 27.0. The van der Waals surface area contributed by atoms with Crippen LogP contribution < -0.4 is 10.6 Å². The average molecular weight is 496 g/mol. The molecule has 3 N–H and O–H groups in total. The van der Waals surface area contributed by atoms with Gasteiger partial charge in [0.05, 0.1) is 6.61 Å². The molecule has 2 aromatic rings. The van der Waals surface area contributed by atoms with Gasteiger partial charge in [0.15, 0.2) is 0 Å². The minimum absolute atomic E-state index is 0.00402. The highest BCUT2D eigenvalue weighted by Crippen LogP contribution is 2.27. The Morgan fingerprint density at radius 2 is 1.64 bits per heavy atom. The van der Waals surface area contributed by atoms with Gasteiger partial charge in [0, 0.05) is 12.2 Å². The molecule has 0 aliphatic heterocycles. The van der Waals surface area contributed by atoms with Gasteiger partial charge in [-0.3, -0.25) is 9.59 Å². The van der Waals surface area contributed by atoms with Crippen molar-refractivity contribution in [3.8, 4) is 0 Å². The number of benzene rings is 2. The number of ether oxygens (including phenoxy) is 1. The molecular formula is C28H37N3O5. The number of alkyl carbamates (subject to hydrolysis) is 1. The molecule has 0 aromatic heterocycles. The maximum atomic E-state index is 13.7. The molecule has 0 bridgehead atoms. The second-order valence-corrected chi connectivity index (χ2v) is 9.73. The molecule has 0 spiro atoms. The Balaban J connectivity index is 2.47. The SMILES string of the molecule is C=CCN(C(=O)C(CO)NC(=O)OC(C)(C)C)C(C(=O)Nc1c(C)cccc1C)c1ccc(C)cc1. The molecule has 0 saturated carbocycles. The van der Waals surface area contributed by atoms with Gasteiger partial charge in [-0.2, -0.15) is 0 Å². The lowest BCUT2D eigenvalue weighted by atomic mass is 10.0. The van der Waals surface area contributed by atoms with Crippen molar-refractivity contribution in [3.05, 3.63) is 77.4 Å². The summed E-state index contributed by atoms with van der Waals surface area (Å²) in [5.41, 5.74) is 3.21. The van der Waals surface area contributed by atoms with E-state index in [0.29, 0.717) is 11.3 Å². The summed E-state index contributed by atoms with van der Waals surface area (Å²) < 4.78 is 5.24. The summed E-state index contributed by atoms with van der Waals surface area (Å²) in [7, 11) is 0. The van der Waals surface area contributed by atoms with Crippen molar-refractivity contribution in [1.82, 2.24) is 10.2 Å². The Kier molecular flexibility index (Phi) is 9.81. The zero-order valence-corrected chi connectivity index (χ0v) is 21.9. The van der Waals surface area contributed by atoms with Crippen molar-refractivity contribution in [1.29, 1.82) is 0 Å².